The summed E-state index contributed by atoms with van der Waals surface area (Å²) in [6, 6.07) is 14.2. The molecule has 10 heteroatoms. The van der Waals surface area contributed by atoms with Crippen LogP contribution in [0.4, 0.5) is 11.4 Å². The molecule has 0 spiro atoms. The molecule has 0 saturated carbocycles. The molecule has 0 aromatic heterocycles. The molecule has 2 saturated heterocycles. The van der Waals surface area contributed by atoms with E-state index < -0.39 is 23.6 Å². The van der Waals surface area contributed by atoms with Crippen molar-refractivity contribution in [2.75, 3.05) is 4.90 Å². The normalized spacial score (nSPS) is 21.3. The Hall–Kier alpha value is -3.01. The van der Waals surface area contributed by atoms with Gasteiger partial charge in [0, 0.05) is 5.02 Å². The number of hydrogen-bond donors (Lipinski definition) is 2. The molecule has 2 aliphatic rings. The lowest BCUT2D eigenvalue weighted by atomic mass is 10.0. The molecule has 2 aromatic rings. The van der Waals surface area contributed by atoms with Crippen LogP contribution < -0.4 is 15.5 Å². The number of aryl methyl sites for hydroxylation is 1. The van der Waals surface area contributed by atoms with Gasteiger partial charge in [-0.15, -0.1) is 0 Å². The molecule has 1 atom stereocenters. The SMILES string of the molecule is CCc1ccc(N=C2NC(=O)/C(=C/[C@H]3C(=O)NC(=S)N(c4ccc(Cl)cc4)C3=O)S2)cc1. The molecular weight excluding hydrogens is 468 g/mol. The number of carbonyl (C=O) groups excluding carboxylic acids is 3. The van der Waals surface area contributed by atoms with Crippen molar-refractivity contribution in [1.82, 2.24) is 10.6 Å². The van der Waals surface area contributed by atoms with Gasteiger partial charge in [0.2, 0.25) is 11.8 Å². The fourth-order valence-electron chi connectivity index (χ4n) is 3.14. The van der Waals surface area contributed by atoms with Crippen LogP contribution >= 0.6 is 35.6 Å². The van der Waals surface area contributed by atoms with Crippen LogP contribution in [0, 0.1) is 5.92 Å². The quantitative estimate of drug-likeness (QED) is 0.392. The number of amidine groups is 1. The minimum Gasteiger partial charge on any atom is -0.301 e. The number of thioether (sulfide) groups is 1. The first-order valence-corrected chi connectivity index (χ1v) is 11.3. The number of anilines is 1. The van der Waals surface area contributed by atoms with Crippen molar-refractivity contribution in [3.63, 3.8) is 0 Å². The molecule has 3 amide bonds. The average molecular weight is 485 g/mol. The molecule has 162 valence electrons. The lowest BCUT2D eigenvalue weighted by Crippen LogP contribution is -2.57. The topological polar surface area (TPSA) is 90.9 Å². The summed E-state index contributed by atoms with van der Waals surface area (Å²) in [6.07, 6.45) is 2.26. The Balaban J connectivity index is 1.57. The Bertz CT molecular complexity index is 1180. The zero-order valence-electron chi connectivity index (χ0n) is 16.8. The van der Waals surface area contributed by atoms with E-state index in [0.717, 1.165) is 18.2 Å². The Morgan fingerprint density at radius 1 is 1.09 bits per heavy atom. The van der Waals surface area contributed by atoms with Crippen LogP contribution in [0.5, 0.6) is 0 Å². The molecule has 7 nitrogen and oxygen atoms in total. The fraction of sp³-hybridized carbons (Fsp3) is 0.136. The van der Waals surface area contributed by atoms with E-state index >= 15 is 0 Å². The highest BCUT2D eigenvalue weighted by Crippen LogP contribution is 2.30. The highest BCUT2D eigenvalue weighted by atomic mass is 35.5. The third kappa shape index (κ3) is 4.59. The van der Waals surface area contributed by atoms with Crippen LogP contribution in [0.2, 0.25) is 5.02 Å². The van der Waals surface area contributed by atoms with Crippen molar-refractivity contribution in [1.29, 1.82) is 0 Å². The smallest absolute Gasteiger partial charge is 0.263 e. The van der Waals surface area contributed by atoms with Gasteiger partial charge in [-0.25, -0.2) is 4.99 Å². The summed E-state index contributed by atoms with van der Waals surface area (Å²) in [5.41, 5.74) is 2.34. The molecule has 2 N–H and O–H groups in total. The van der Waals surface area contributed by atoms with E-state index in [9.17, 15) is 14.4 Å². The molecule has 0 aliphatic carbocycles. The van der Waals surface area contributed by atoms with Crippen LogP contribution in [-0.4, -0.2) is 28.0 Å². The van der Waals surface area contributed by atoms with Gasteiger partial charge in [-0.05, 0) is 78.4 Å². The highest BCUT2D eigenvalue weighted by molar-refractivity contribution is 8.18. The number of halogens is 1. The van der Waals surface area contributed by atoms with Gasteiger partial charge in [-0.2, -0.15) is 0 Å². The number of nitrogens with zero attached hydrogens (tertiary/aromatic N) is 2. The molecule has 32 heavy (non-hydrogen) atoms. The zero-order chi connectivity index (χ0) is 22.8. The maximum absolute atomic E-state index is 13.1. The summed E-state index contributed by atoms with van der Waals surface area (Å²) >= 11 is 12.2. The lowest BCUT2D eigenvalue weighted by Gasteiger charge is -2.31. The van der Waals surface area contributed by atoms with E-state index in [-0.39, 0.29) is 10.0 Å². The van der Waals surface area contributed by atoms with E-state index in [0.29, 0.717) is 21.6 Å². The van der Waals surface area contributed by atoms with Crippen molar-refractivity contribution < 1.29 is 14.4 Å². The van der Waals surface area contributed by atoms with Gasteiger partial charge in [0.05, 0.1) is 16.3 Å². The molecular formula is C22H17ClN4O3S2. The Labute approximate surface area is 198 Å². The van der Waals surface area contributed by atoms with Gasteiger partial charge in [0.1, 0.15) is 5.92 Å². The van der Waals surface area contributed by atoms with E-state index in [1.165, 1.54) is 16.5 Å². The second-order valence-corrected chi connectivity index (χ2v) is 8.80. The van der Waals surface area contributed by atoms with Gasteiger partial charge in [0.25, 0.3) is 5.91 Å². The molecule has 2 fully saturated rings. The standard InChI is InChI=1S/C22H17ClN4O3S2/c1-2-12-3-7-14(8-4-12)24-21-25-19(29)17(32-21)11-16-18(28)26-22(31)27(20(16)30)15-9-5-13(23)6-10-15/h3-11,16H,2H2,1H3,(H,24,25,29)(H,26,28,31)/b17-11-/t16-/m0/s1. The van der Waals surface area contributed by atoms with Gasteiger partial charge < -0.3 is 10.6 Å². The number of nitrogens with one attached hydrogen (secondary N) is 2. The summed E-state index contributed by atoms with van der Waals surface area (Å²) < 4.78 is 0. The van der Waals surface area contributed by atoms with Gasteiger partial charge >= 0.3 is 0 Å². The molecule has 4 rings (SSSR count). The molecule has 0 bridgehead atoms. The van der Waals surface area contributed by atoms with Crippen LogP contribution in [0.3, 0.4) is 0 Å². The van der Waals surface area contributed by atoms with Crippen molar-refractivity contribution in [2.24, 2.45) is 10.9 Å². The van der Waals surface area contributed by atoms with Crippen molar-refractivity contribution in [3.05, 3.63) is 70.1 Å². The molecule has 0 radical (unpaired) electrons. The molecule has 2 aromatic carbocycles. The van der Waals surface area contributed by atoms with Gasteiger partial charge in [0.15, 0.2) is 10.3 Å². The Kier molecular flexibility index (Phi) is 6.40. The number of aliphatic imine (C=N–C) groups is 1. The zero-order valence-corrected chi connectivity index (χ0v) is 19.2. The summed E-state index contributed by atoms with van der Waals surface area (Å²) in [7, 11) is 0. The van der Waals surface area contributed by atoms with E-state index in [2.05, 4.69) is 22.5 Å². The minimum atomic E-state index is -1.21. The predicted octanol–water partition coefficient (Wildman–Crippen LogP) is 3.70. The van der Waals surface area contributed by atoms with Crippen molar-refractivity contribution in [2.45, 2.75) is 13.3 Å². The third-order valence-electron chi connectivity index (χ3n) is 4.83. The van der Waals surface area contributed by atoms with E-state index in [1.807, 2.05) is 24.3 Å². The van der Waals surface area contributed by atoms with Crippen LogP contribution in [0.25, 0.3) is 0 Å². The number of amides is 3. The summed E-state index contributed by atoms with van der Waals surface area (Å²) in [4.78, 5) is 43.9. The van der Waals surface area contributed by atoms with E-state index in [4.69, 9.17) is 23.8 Å². The first-order chi connectivity index (χ1) is 15.4. The Morgan fingerprint density at radius 2 is 1.78 bits per heavy atom. The number of carbonyl (C=O) groups is 3. The fourth-order valence-corrected chi connectivity index (χ4v) is 4.41. The number of rotatable bonds is 4. The summed E-state index contributed by atoms with van der Waals surface area (Å²) in [5.74, 6) is -2.78. The van der Waals surface area contributed by atoms with Crippen molar-refractivity contribution >= 4 is 75.0 Å². The van der Waals surface area contributed by atoms with Gasteiger partial charge in [-0.3, -0.25) is 19.3 Å². The van der Waals surface area contributed by atoms with Crippen LogP contribution in [0.15, 0.2) is 64.5 Å². The average Bonchev–Trinajstić information content (AvgIpc) is 3.11. The number of hydrogen-bond acceptors (Lipinski definition) is 6. The number of thiocarbonyl (C=S) groups is 1. The molecule has 0 unspecified atom stereocenters. The maximum atomic E-state index is 13.1. The monoisotopic (exact) mass is 484 g/mol. The summed E-state index contributed by atoms with van der Waals surface area (Å²) in [5, 5.41) is 6.04. The predicted molar refractivity (Wildman–Crippen MR) is 130 cm³/mol. The second kappa shape index (κ2) is 9.23. The second-order valence-electron chi connectivity index (χ2n) is 6.95. The Morgan fingerprint density at radius 3 is 2.44 bits per heavy atom. The number of benzene rings is 2. The summed E-state index contributed by atoms with van der Waals surface area (Å²) in [6.45, 7) is 2.06. The first-order valence-electron chi connectivity index (χ1n) is 9.68. The first kappa shape index (κ1) is 22.2. The third-order valence-corrected chi connectivity index (χ3v) is 6.30. The minimum absolute atomic E-state index is 0.0294. The molecule has 2 aliphatic heterocycles. The highest BCUT2D eigenvalue weighted by Gasteiger charge is 2.39. The van der Waals surface area contributed by atoms with Crippen molar-refractivity contribution in [3.8, 4) is 0 Å². The maximum Gasteiger partial charge on any atom is 0.263 e. The van der Waals surface area contributed by atoms with Gasteiger partial charge in [-0.1, -0.05) is 30.7 Å². The van der Waals surface area contributed by atoms with Crippen LogP contribution in [0.1, 0.15) is 12.5 Å². The van der Waals surface area contributed by atoms with E-state index in [1.54, 1.807) is 24.3 Å². The largest absolute Gasteiger partial charge is 0.301 e. The molecule has 2 heterocycles. The van der Waals surface area contributed by atoms with Crippen LogP contribution in [-0.2, 0) is 20.8 Å². The lowest BCUT2D eigenvalue weighted by molar-refractivity contribution is -0.131.